The molecule has 1 saturated heterocycles. The van der Waals surface area contributed by atoms with Crippen molar-refractivity contribution in [3.63, 3.8) is 0 Å². The number of likely N-dealkylation sites (N-methyl/N-ethyl adjacent to an activating group) is 1. The Morgan fingerprint density at radius 2 is 1.83 bits per heavy atom. The zero-order valence-electron chi connectivity index (χ0n) is 14.1. The lowest BCUT2D eigenvalue weighted by molar-refractivity contribution is 0.102. The van der Waals surface area contributed by atoms with Crippen molar-refractivity contribution in [1.82, 2.24) is 30.0 Å². The number of aryl methyl sites for hydroxylation is 2. The van der Waals surface area contributed by atoms with Crippen molar-refractivity contribution >= 4 is 0 Å². The van der Waals surface area contributed by atoms with Crippen molar-refractivity contribution in [2.24, 2.45) is 0 Å². The van der Waals surface area contributed by atoms with Crippen LogP contribution in [0.4, 0.5) is 0 Å². The SMILES string of the molecule is CCC(c1nnnn1CCc1ccccc1)N1CCN(C)CC1. The summed E-state index contributed by atoms with van der Waals surface area (Å²) in [5.41, 5.74) is 1.32. The van der Waals surface area contributed by atoms with Crippen LogP contribution in [-0.2, 0) is 13.0 Å². The van der Waals surface area contributed by atoms with Gasteiger partial charge in [-0.05, 0) is 35.9 Å². The Labute approximate surface area is 138 Å². The molecule has 0 bridgehead atoms. The van der Waals surface area contributed by atoms with Crippen LogP contribution in [0.3, 0.4) is 0 Å². The summed E-state index contributed by atoms with van der Waals surface area (Å²) in [6, 6.07) is 10.8. The summed E-state index contributed by atoms with van der Waals surface area (Å²) >= 11 is 0. The maximum Gasteiger partial charge on any atom is 0.168 e. The van der Waals surface area contributed by atoms with Crippen LogP contribution in [0.15, 0.2) is 30.3 Å². The fourth-order valence-corrected chi connectivity index (χ4v) is 3.23. The normalized spacial score (nSPS) is 18.2. The molecule has 0 N–H and O–H groups in total. The van der Waals surface area contributed by atoms with Crippen LogP contribution in [-0.4, -0.2) is 63.2 Å². The molecule has 0 amide bonds. The Kier molecular flexibility index (Phi) is 5.35. The third-order valence-electron chi connectivity index (χ3n) is 4.68. The molecule has 1 unspecified atom stereocenters. The molecule has 6 heteroatoms. The van der Waals surface area contributed by atoms with Crippen LogP contribution in [0.25, 0.3) is 0 Å². The highest BCUT2D eigenvalue weighted by Gasteiger charge is 2.26. The van der Waals surface area contributed by atoms with Gasteiger partial charge in [-0.25, -0.2) is 4.68 Å². The molecule has 6 nitrogen and oxygen atoms in total. The highest BCUT2D eigenvalue weighted by atomic mass is 15.5. The molecule has 3 rings (SSSR count). The van der Waals surface area contributed by atoms with Gasteiger partial charge in [0.15, 0.2) is 5.82 Å². The smallest absolute Gasteiger partial charge is 0.168 e. The maximum atomic E-state index is 4.34. The predicted molar refractivity (Wildman–Crippen MR) is 90.1 cm³/mol. The Morgan fingerprint density at radius 3 is 2.52 bits per heavy atom. The first-order chi connectivity index (χ1) is 11.3. The summed E-state index contributed by atoms with van der Waals surface area (Å²) in [4.78, 5) is 4.90. The Hall–Kier alpha value is -1.79. The molecular weight excluding hydrogens is 288 g/mol. The highest BCUT2D eigenvalue weighted by molar-refractivity contribution is 5.14. The second-order valence-electron chi connectivity index (χ2n) is 6.26. The van der Waals surface area contributed by atoms with Gasteiger partial charge in [-0.2, -0.15) is 0 Å². The molecular formula is C17H26N6. The number of rotatable bonds is 6. The molecule has 1 aliphatic heterocycles. The third-order valence-corrected chi connectivity index (χ3v) is 4.68. The zero-order chi connectivity index (χ0) is 16.1. The van der Waals surface area contributed by atoms with Crippen LogP contribution in [0.2, 0.25) is 0 Å². The van der Waals surface area contributed by atoms with E-state index < -0.39 is 0 Å². The minimum Gasteiger partial charge on any atom is -0.304 e. The van der Waals surface area contributed by atoms with Gasteiger partial charge in [0.25, 0.3) is 0 Å². The highest BCUT2D eigenvalue weighted by Crippen LogP contribution is 2.23. The second kappa shape index (κ2) is 7.66. The average molecular weight is 314 g/mol. The van der Waals surface area contributed by atoms with Crippen molar-refractivity contribution in [3.05, 3.63) is 41.7 Å². The number of hydrogen-bond donors (Lipinski definition) is 0. The number of benzene rings is 1. The monoisotopic (exact) mass is 314 g/mol. The van der Waals surface area contributed by atoms with E-state index in [2.05, 4.69) is 63.6 Å². The van der Waals surface area contributed by atoms with Gasteiger partial charge in [0.05, 0.1) is 6.04 Å². The molecule has 2 aromatic rings. The summed E-state index contributed by atoms with van der Waals surface area (Å²) in [5, 5.41) is 12.5. The molecule has 1 aliphatic rings. The van der Waals surface area contributed by atoms with E-state index in [1.165, 1.54) is 5.56 Å². The molecule has 0 radical (unpaired) electrons. The van der Waals surface area contributed by atoms with Crippen LogP contribution in [0, 0.1) is 0 Å². The summed E-state index contributed by atoms with van der Waals surface area (Å²) in [6.07, 6.45) is 1.99. The fraction of sp³-hybridized carbons (Fsp3) is 0.588. The molecule has 124 valence electrons. The lowest BCUT2D eigenvalue weighted by atomic mass is 10.1. The van der Waals surface area contributed by atoms with Crippen LogP contribution >= 0.6 is 0 Å². The molecule has 1 fully saturated rings. The van der Waals surface area contributed by atoms with Crippen molar-refractivity contribution in [1.29, 1.82) is 0 Å². The quantitative estimate of drug-likeness (QED) is 0.811. The molecule has 23 heavy (non-hydrogen) atoms. The van der Waals surface area contributed by atoms with Crippen LogP contribution < -0.4 is 0 Å². The Balaban J connectivity index is 1.68. The Morgan fingerprint density at radius 1 is 1.09 bits per heavy atom. The summed E-state index contributed by atoms with van der Waals surface area (Å²) < 4.78 is 1.99. The van der Waals surface area contributed by atoms with Gasteiger partial charge in [0.1, 0.15) is 0 Å². The molecule has 2 heterocycles. The van der Waals surface area contributed by atoms with Crippen molar-refractivity contribution in [3.8, 4) is 0 Å². The minimum absolute atomic E-state index is 0.314. The van der Waals surface area contributed by atoms with Gasteiger partial charge >= 0.3 is 0 Å². The van der Waals surface area contributed by atoms with E-state index in [0.29, 0.717) is 6.04 Å². The predicted octanol–water partition coefficient (Wildman–Crippen LogP) is 1.61. The summed E-state index contributed by atoms with van der Waals surface area (Å²) in [5.74, 6) is 1.01. The van der Waals surface area contributed by atoms with E-state index in [9.17, 15) is 0 Å². The first-order valence-electron chi connectivity index (χ1n) is 8.50. The summed E-state index contributed by atoms with van der Waals surface area (Å²) in [7, 11) is 2.18. The molecule has 0 aliphatic carbocycles. The lowest BCUT2D eigenvalue weighted by Gasteiger charge is -2.36. The molecule has 0 spiro atoms. The van der Waals surface area contributed by atoms with Gasteiger partial charge in [0, 0.05) is 32.7 Å². The number of hydrogen-bond acceptors (Lipinski definition) is 5. The first kappa shape index (κ1) is 16.1. The van der Waals surface area contributed by atoms with E-state index in [1.807, 2.05) is 10.7 Å². The van der Waals surface area contributed by atoms with E-state index >= 15 is 0 Å². The molecule has 1 aromatic heterocycles. The summed E-state index contributed by atoms with van der Waals surface area (Å²) in [6.45, 7) is 7.45. The van der Waals surface area contributed by atoms with E-state index in [1.54, 1.807) is 0 Å². The number of nitrogens with zero attached hydrogens (tertiary/aromatic N) is 6. The second-order valence-corrected chi connectivity index (χ2v) is 6.26. The van der Waals surface area contributed by atoms with E-state index in [0.717, 1.165) is 51.4 Å². The molecule has 0 saturated carbocycles. The minimum atomic E-state index is 0.314. The Bertz CT molecular complexity index is 588. The van der Waals surface area contributed by atoms with Gasteiger partial charge in [-0.15, -0.1) is 5.10 Å². The average Bonchev–Trinajstić information content (AvgIpc) is 3.05. The van der Waals surface area contributed by atoms with E-state index in [4.69, 9.17) is 0 Å². The number of aromatic nitrogens is 4. The molecule has 1 aromatic carbocycles. The fourth-order valence-electron chi connectivity index (χ4n) is 3.23. The largest absolute Gasteiger partial charge is 0.304 e. The third kappa shape index (κ3) is 3.95. The standard InChI is InChI=1S/C17H26N6/c1-3-16(22-13-11-21(2)12-14-22)17-18-19-20-23(17)10-9-15-7-5-4-6-8-15/h4-8,16H,3,9-14H2,1-2H3. The topological polar surface area (TPSA) is 50.1 Å². The van der Waals surface area contributed by atoms with Crippen molar-refractivity contribution < 1.29 is 0 Å². The van der Waals surface area contributed by atoms with Crippen LogP contribution in [0.5, 0.6) is 0 Å². The lowest BCUT2D eigenvalue weighted by Crippen LogP contribution is -2.46. The maximum absolute atomic E-state index is 4.34. The number of piperazine rings is 1. The zero-order valence-corrected chi connectivity index (χ0v) is 14.1. The van der Waals surface area contributed by atoms with Gasteiger partial charge in [-0.3, -0.25) is 4.90 Å². The number of tetrazole rings is 1. The molecule has 1 atom stereocenters. The van der Waals surface area contributed by atoms with Gasteiger partial charge < -0.3 is 4.90 Å². The first-order valence-corrected chi connectivity index (χ1v) is 8.50. The van der Waals surface area contributed by atoms with E-state index in [-0.39, 0.29) is 0 Å². The van der Waals surface area contributed by atoms with Gasteiger partial charge in [0.2, 0.25) is 0 Å². The van der Waals surface area contributed by atoms with Crippen molar-refractivity contribution in [2.75, 3.05) is 33.2 Å². The van der Waals surface area contributed by atoms with Crippen LogP contribution in [0.1, 0.15) is 30.8 Å². The van der Waals surface area contributed by atoms with Gasteiger partial charge in [-0.1, -0.05) is 37.3 Å². The van der Waals surface area contributed by atoms with Crippen molar-refractivity contribution in [2.45, 2.75) is 32.4 Å².